The lowest BCUT2D eigenvalue weighted by atomic mass is 9.82. The van der Waals surface area contributed by atoms with Crippen LogP contribution >= 0.6 is 0 Å². The monoisotopic (exact) mass is 574 g/mol. The van der Waals surface area contributed by atoms with E-state index in [2.05, 4.69) is 120 Å². The fourth-order valence-electron chi connectivity index (χ4n) is 7.65. The van der Waals surface area contributed by atoms with E-state index in [0.29, 0.717) is 11.1 Å². The van der Waals surface area contributed by atoms with Crippen LogP contribution in [0.3, 0.4) is 0 Å². The molecule has 8 aromatic rings. The molecule has 0 amide bonds. The summed E-state index contributed by atoms with van der Waals surface area (Å²) in [6.07, 6.45) is 0. The van der Waals surface area contributed by atoms with Crippen molar-refractivity contribution in [1.82, 2.24) is 9.13 Å². The molecule has 0 aliphatic heterocycles. The molecule has 0 saturated heterocycles. The molecule has 4 heteroatoms. The van der Waals surface area contributed by atoms with Crippen LogP contribution in [-0.2, 0) is 5.41 Å². The number of hydrogen-bond acceptors (Lipinski definition) is 2. The third-order valence-corrected chi connectivity index (χ3v) is 9.75. The van der Waals surface area contributed by atoms with Gasteiger partial charge in [-0.05, 0) is 95.1 Å². The summed E-state index contributed by atoms with van der Waals surface area (Å²) in [5.74, 6) is 0. The Labute approximate surface area is 260 Å². The minimum atomic E-state index is -0.122. The Balaban J connectivity index is 1.35. The minimum Gasteiger partial charge on any atom is -0.309 e. The van der Waals surface area contributed by atoms with E-state index in [4.69, 9.17) is 0 Å². The largest absolute Gasteiger partial charge is 0.309 e. The average Bonchev–Trinajstić information content (AvgIpc) is 3.66. The van der Waals surface area contributed by atoms with Crippen LogP contribution in [0.2, 0.25) is 0 Å². The van der Waals surface area contributed by atoms with Crippen LogP contribution in [0.4, 0.5) is 0 Å². The van der Waals surface area contributed by atoms with Crippen molar-refractivity contribution in [2.45, 2.75) is 19.3 Å². The van der Waals surface area contributed by atoms with Crippen molar-refractivity contribution in [2.24, 2.45) is 0 Å². The molecular weight excluding hydrogens is 548 g/mol. The Morgan fingerprint density at radius 1 is 0.467 bits per heavy atom. The molecule has 210 valence electrons. The van der Waals surface area contributed by atoms with Crippen LogP contribution in [0.5, 0.6) is 0 Å². The Bertz CT molecular complexity index is 2650. The van der Waals surface area contributed by atoms with Crippen molar-refractivity contribution < 1.29 is 0 Å². The molecule has 1 aliphatic carbocycles. The third kappa shape index (κ3) is 3.40. The number of rotatable bonds is 2. The standard InChI is InChI=1S/C41H26N4/c1-41(2)35-12-5-3-10-29(35)31-22-40-34(21-36(31)41)33-19-26(24-43)15-17-39(33)45(40)28-9-7-8-27(20-28)44-37-13-6-4-11-30(37)32-18-25(23-42)14-16-38(32)44/h3-22H,1-2H3. The van der Waals surface area contributed by atoms with Gasteiger partial charge < -0.3 is 9.13 Å². The van der Waals surface area contributed by atoms with Crippen LogP contribution in [0.15, 0.2) is 121 Å². The molecule has 6 aromatic carbocycles. The third-order valence-electron chi connectivity index (χ3n) is 9.75. The van der Waals surface area contributed by atoms with E-state index < -0.39 is 0 Å². The second-order valence-corrected chi connectivity index (χ2v) is 12.5. The van der Waals surface area contributed by atoms with Gasteiger partial charge in [0.2, 0.25) is 0 Å². The summed E-state index contributed by atoms with van der Waals surface area (Å²) in [7, 11) is 0. The van der Waals surface area contributed by atoms with Gasteiger partial charge in [0, 0.05) is 38.3 Å². The highest BCUT2D eigenvalue weighted by atomic mass is 15.0. The van der Waals surface area contributed by atoms with Gasteiger partial charge in [0.05, 0.1) is 45.3 Å². The first-order valence-electron chi connectivity index (χ1n) is 15.1. The second-order valence-electron chi connectivity index (χ2n) is 12.5. The summed E-state index contributed by atoms with van der Waals surface area (Å²) in [6.45, 7) is 4.61. The number of fused-ring (bicyclic) bond motifs is 9. The van der Waals surface area contributed by atoms with Crippen molar-refractivity contribution >= 4 is 43.6 Å². The summed E-state index contributed by atoms with van der Waals surface area (Å²) in [5.41, 5.74) is 12.8. The lowest BCUT2D eigenvalue weighted by molar-refractivity contribution is 0.661. The fourth-order valence-corrected chi connectivity index (χ4v) is 7.65. The summed E-state index contributed by atoms with van der Waals surface area (Å²) < 4.78 is 4.62. The second kappa shape index (κ2) is 8.96. The Morgan fingerprint density at radius 2 is 1.04 bits per heavy atom. The first-order chi connectivity index (χ1) is 22.0. The lowest BCUT2D eigenvalue weighted by Crippen LogP contribution is -2.14. The highest BCUT2D eigenvalue weighted by molar-refractivity contribution is 6.12. The van der Waals surface area contributed by atoms with Gasteiger partial charge in [0.15, 0.2) is 0 Å². The highest BCUT2D eigenvalue weighted by Gasteiger charge is 2.36. The molecule has 1 aliphatic rings. The van der Waals surface area contributed by atoms with Crippen molar-refractivity contribution in [3.05, 3.63) is 144 Å². The summed E-state index contributed by atoms with van der Waals surface area (Å²) in [5, 5.41) is 23.8. The van der Waals surface area contributed by atoms with Crippen LogP contribution in [-0.4, -0.2) is 9.13 Å². The average molecular weight is 575 g/mol. The Kier molecular flexibility index (Phi) is 5.06. The van der Waals surface area contributed by atoms with Gasteiger partial charge in [-0.25, -0.2) is 0 Å². The van der Waals surface area contributed by atoms with E-state index in [1.807, 2.05) is 36.4 Å². The summed E-state index contributed by atoms with van der Waals surface area (Å²) in [6, 6.07) is 47.1. The number of aromatic nitrogens is 2. The Hall–Kier alpha value is -6.10. The fraction of sp³-hybridized carbons (Fsp3) is 0.0732. The van der Waals surface area contributed by atoms with Gasteiger partial charge in [-0.15, -0.1) is 0 Å². The molecule has 2 heterocycles. The van der Waals surface area contributed by atoms with E-state index in [0.717, 1.165) is 55.0 Å². The maximum Gasteiger partial charge on any atom is 0.0991 e. The van der Waals surface area contributed by atoms with Gasteiger partial charge >= 0.3 is 0 Å². The topological polar surface area (TPSA) is 57.4 Å². The van der Waals surface area contributed by atoms with E-state index in [-0.39, 0.29) is 5.41 Å². The van der Waals surface area contributed by atoms with Crippen LogP contribution < -0.4 is 0 Å². The molecule has 0 radical (unpaired) electrons. The zero-order chi connectivity index (χ0) is 30.4. The number of nitrogens with zero attached hydrogens (tertiary/aromatic N) is 4. The number of benzene rings is 6. The molecular formula is C41H26N4. The predicted octanol–water partition coefficient (Wildman–Crippen LogP) is 9.93. The zero-order valence-electron chi connectivity index (χ0n) is 24.8. The maximum atomic E-state index is 9.82. The zero-order valence-corrected chi connectivity index (χ0v) is 24.8. The van der Waals surface area contributed by atoms with Gasteiger partial charge in [-0.1, -0.05) is 62.4 Å². The molecule has 0 atom stereocenters. The van der Waals surface area contributed by atoms with E-state index in [1.165, 1.54) is 22.3 Å². The molecule has 2 aromatic heterocycles. The molecule has 0 fully saturated rings. The Morgan fingerprint density at radius 3 is 1.76 bits per heavy atom. The summed E-state index contributed by atoms with van der Waals surface area (Å²) >= 11 is 0. The molecule has 9 rings (SSSR count). The molecule has 0 spiro atoms. The van der Waals surface area contributed by atoms with Crippen molar-refractivity contribution in [3.8, 4) is 34.6 Å². The van der Waals surface area contributed by atoms with E-state index in [9.17, 15) is 10.5 Å². The van der Waals surface area contributed by atoms with Crippen LogP contribution in [0.25, 0.3) is 66.1 Å². The molecule has 45 heavy (non-hydrogen) atoms. The molecule has 0 unspecified atom stereocenters. The highest BCUT2D eigenvalue weighted by Crippen LogP contribution is 2.51. The number of para-hydroxylation sites is 1. The van der Waals surface area contributed by atoms with Gasteiger partial charge in [-0.2, -0.15) is 10.5 Å². The molecule has 4 nitrogen and oxygen atoms in total. The van der Waals surface area contributed by atoms with E-state index >= 15 is 0 Å². The molecule has 0 N–H and O–H groups in total. The lowest BCUT2D eigenvalue weighted by Gasteiger charge is -2.21. The molecule has 0 bridgehead atoms. The smallest absolute Gasteiger partial charge is 0.0991 e. The normalized spacial score (nSPS) is 13.2. The van der Waals surface area contributed by atoms with Crippen LogP contribution in [0, 0.1) is 22.7 Å². The quantitative estimate of drug-likeness (QED) is 0.206. The van der Waals surface area contributed by atoms with Gasteiger partial charge in [-0.3, -0.25) is 0 Å². The van der Waals surface area contributed by atoms with Crippen molar-refractivity contribution in [2.75, 3.05) is 0 Å². The van der Waals surface area contributed by atoms with Crippen LogP contribution in [0.1, 0.15) is 36.1 Å². The number of hydrogen-bond donors (Lipinski definition) is 0. The van der Waals surface area contributed by atoms with Crippen molar-refractivity contribution in [1.29, 1.82) is 10.5 Å². The minimum absolute atomic E-state index is 0.122. The first-order valence-corrected chi connectivity index (χ1v) is 15.1. The first kappa shape index (κ1) is 25.4. The van der Waals surface area contributed by atoms with E-state index in [1.54, 1.807) is 0 Å². The number of nitriles is 2. The molecule has 0 saturated carbocycles. The predicted molar refractivity (Wildman–Crippen MR) is 182 cm³/mol. The van der Waals surface area contributed by atoms with Gasteiger partial charge in [0.1, 0.15) is 0 Å². The van der Waals surface area contributed by atoms with Gasteiger partial charge in [0.25, 0.3) is 0 Å². The van der Waals surface area contributed by atoms with Crippen molar-refractivity contribution in [3.63, 3.8) is 0 Å². The summed E-state index contributed by atoms with van der Waals surface area (Å²) in [4.78, 5) is 0. The SMILES string of the molecule is CC1(C)c2ccccc2-c2cc3c(cc21)c1cc(C#N)ccc1n3-c1cccc(-n2c3ccccc3c3cc(C#N)ccc32)c1. The maximum absolute atomic E-state index is 9.82.